The molecule has 2 aromatic carbocycles. The van der Waals surface area contributed by atoms with Crippen LogP contribution in [0.3, 0.4) is 0 Å². The van der Waals surface area contributed by atoms with Crippen molar-refractivity contribution in [1.29, 1.82) is 0 Å². The normalized spacial score (nSPS) is 11.1. The monoisotopic (exact) mass is 358 g/mol. The first-order chi connectivity index (χ1) is 7.73. The molecule has 0 aliphatic heterocycles. The summed E-state index contributed by atoms with van der Waals surface area (Å²) in [5.74, 6) is -7.52. The van der Waals surface area contributed by atoms with Gasteiger partial charge in [-0.15, -0.1) is 17.5 Å². The Morgan fingerprint density at radius 2 is 1.42 bits per heavy atom. The Bertz CT molecular complexity index is 602. The molecule has 0 aliphatic carbocycles. The van der Waals surface area contributed by atoms with Gasteiger partial charge in [0.15, 0.2) is 5.82 Å². The zero-order valence-electron chi connectivity index (χ0n) is 8.89. The summed E-state index contributed by atoms with van der Waals surface area (Å²) in [7, 11) is 0. The molecule has 0 aromatic heterocycles. The van der Waals surface area contributed by atoms with E-state index in [9.17, 15) is 30.7 Å². The molecule has 0 amide bonds. The van der Waals surface area contributed by atoms with Crippen molar-refractivity contribution in [1.82, 2.24) is 0 Å². The van der Waals surface area contributed by atoms with E-state index in [1.165, 1.54) is 0 Å². The van der Waals surface area contributed by atoms with Crippen LogP contribution in [-0.2, 0) is 6.18 Å². The third-order valence-electron chi connectivity index (χ3n) is 2.25. The summed E-state index contributed by atoms with van der Waals surface area (Å²) in [6, 6.07) is 0.544. The zero-order chi connectivity index (χ0) is 13.0. The summed E-state index contributed by atoms with van der Waals surface area (Å²) >= 11 is 0. The second-order valence-electron chi connectivity index (χ2n) is 3.32. The molecule has 0 atom stereocenters. The molecule has 2 rings (SSSR count). The molecule has 0 spiro atoms. The molecule has 0 saturated carbocycles. The summed E-state index contributed by atoms with van der Waals surface area (Å²) < 4.78 is 88.7. The molecule has 2 aromatic rings. The van der Waals surface area contributed by atoms with Crippen molar-refractivity contribution < 1.29 is 47.7 Å². The fourth-order valence-electron chi connectivity index (χ4n) is 1.51. The number of alkyl halides is 3. The van der Waals surface area contributed by atoms with Crippen molar-refractivity contribution in [2.75, 3.05) is 0 Å². The van der Waals surface area contributed by atoms with E-state index in [4.69, 9.17) is 0 Å². The van der Waals surface area contributed by atoms with E-state index in [1.54, 1.807) is 0 Å². The van der Waals surface area contributed by atoms with E-state index >= 15 is 0 Å². The number of benzene rings is 1. The predicted octanol–water partition coefficient (Wildman–Crippen LogP) is 0.757. The van der Waals surface area contributed by atoms with Crippen molar-refractivity contribution >= 4 is 33.8 Å². The van der Waals surface area contributed by atoms with Gasteiger partial charge in [0.25, 0.3) is 0 Å². The van der Waals surface area contributed by atoms with Gasteiger partial charge in [0.05, 0.1) is 17.2 Å². The predicted molar refractivity (Wildman–Crippen MR) is 50.1 cm³/mol. The molecular formula is C10H2BrF7Mg. The average Bonchev–Trinajstić information content (AvgIpc) is 2.47. The summed E-state index contributed by atoms with van der Waals surface area (Å²) in [5.41, 5.74) is -1.90. The molecule has 0 bridgehead atoms. The fourth-order valence-corrected chi connectivity index (χ4v) is 1.51. The molecule has 0 heterocycles. The minimum Gasteiger partial charge on any atom is -1.00 e. The first-order valence-corrected chi connectivity index (χ1v) is 4.23. The minimum absolute atomic E-state index is 0. The van der Waals surface area contributed by atoms with E-state index in [0.29, 0.717) is 6.07 Å². The van der Waals surface area contributed by atoms with E-state index in [0.717, 1.165) is 0 Å². The van der Waals surface area contributed by atoms with E-state index < -0.39 is 45.8 Å². The van der Waals surface area contributed by atoms with Crippen molar-refractivity contribution in [3.63, 3.8) is 0 Å². The van der Waals surface area contributed by atoms with Gasteiger partial charge in [0, 0.05) is 0 Å². The molecule has 0 fully saturated rings. The van der Waals surface area contributed by atoms with Gasteiger partial charge < -0.3 is 17.0 Å². The number of fused-ring (bicyclic) bond motifs is 1. The second kappa shape index (κ2) is 5.92. The average molecular weight is 359 g/mol. The number of hydrogen-bond acceptors (Lipinski definition) is 0. The van der Waals surface area contributed by atoms with Gasteiger partial charge in [-0.3, -0.25) is 4.39 Å². The van der Waals surface area contributed by atoms with Crippen LogP contribution >= 0.6 is 0 Å². The largest absolute Gasteiger partial charge is 2.00 e. The minimum atomic E-state index is -5.14. The van der Waals surface area contributed by atoms with Crippen LogP contribution in [0.4, 0.5) is 30.7 Å². The standard InChI is InChI=1S/C10H2F7.BrH.Mg/c11-5-2-3-1-4(10(15,16)17)7(12)9(14)6(3)8(5)13;;/h1-2H;1H;/q-1;;+2/p-1. The summed E-state index contributed by atoms with van der Waals surface area (Å²) in [6.07, 6.45) is -5.14. The molecule has 0 aliphatic rings. The van der Waals surface area contributed by atoms with Gasteiger partial charge in [-0.2, -0.15) is 13.2 Å². The maximum Gasteiger partial charge on any atom is 2.00 e. The summed E-state index contributed by atoms with van der Waals surface area (Å²) in [6.45, 7) is 0. The molecule has 0 unspecified atom stereocenters. The van der Waals surface area contributed by atoms with Crippen LogP contribution in [0, 0.1) is 23.3 Å². The zero-order valence-corrected chi connectivity index (χ0v) is 11.9. The van der Waals surface area contributed by atoms with Crippen molar-refractivity contribution in [3.05, 3.63) is 41.0 Å². The molecule has 0 radical (unpaired) electrons. The molecule has 0 saturated heterocycles. The van der Waals surface area contributed by atoms with E-state index in [1.807, 2.05) is 0 Å². The molecule has 0 nitrogen and oxygen atoms in total. The van der Waals surface area contributed by atoms with Crippen LogP contribution in [0.2, 0.25) is 0 Å². The molecule has 0 N–H and O–H groups in total. The topological polar surface area (TPSA) is 0 Å². The maximum absolute atomic E-state index is 13.2. The van der Waals surface area contributed by atoms with Gasteiger partial charge >= 0.3 is 29.2 Å². The molecule has 19 heavy (non-hydrogen) atoms. The Morgan fingerprint density at radius 3 is 1.89 bits per heavy atom. The second-order valence-corrected chi connectivity index (χ2v) is 3.32. The number of rotatable bonds is 0. The van der Waals surface area contributed by atoms with Crippen LogP contribution in [0.25, 0.3) is 10.8 Å². The Kier molecular flexibility index (Phi) is 5.79. The van der Waals surface area contributed by atoms with Crippen LogP contribution in [0.5, 0.6) is 0 Å². The molecule has 100 valence electrons. The summed E-state index contributed by atoms with van der Waals surface area (Å²) in [4.78, 5) is 0. The quantitative estimate of drug-likeness (QED) is 0.370. The Labute approximate surface area is 128 Å². The fraction of sp³-hybridized carbons (Fsp3) is 0.100. The van der Waals surface area contributed by atoms with Gasteiger partial charge in [-0.05, 0) is 0 Å². The van der Waals surface area contributed by atoms with Crippen LogP contribution in [0.1, 0.15) is 5.56 Å². The number of halogens is 8. The van der Waals surface area contributed by atoms with Gasteiger partial charge in [0.2, 0.25) is 0 Å². The first kappa shape index (κ1) is 18.6. The Balaban J connectivity index is 0.00000162. The third-order valence-corrected chi connectivity index (χ3v) is 2.25. The summed E-state index contributed by atoms with van der Waals surface area (Å²) in [5, 5.41) is -1.79. The van der Waals surface area contributed by atoms with Gasteiger partial charge in [-0.25, -0.2) is 13.2 Å². The SMILES string of the molecule is Fc1[cH-]c2cc(C(F)(F)F)c(F)c(F)c2c1F.[Br-].[Mg+2]. The van der Waals surface area contributed by atoms with E-state index in [2.05, 4.69) is 0 Å². The first-order valence-electron chi connectivity index (χ1n) is 4.23. The molecule has 9 heteroatoms. The van der Waals surface area contributed by atoms with Crippen LogP contribution in [0.15, 0.2) is 12.1 Å². The smallest absolute Gasteiger partial charge is 1.00 e. The van der Waals surface area contributed by atoms with Gasteiger partial charge in [-0.1, -0.05) is 5.39 Å². The molecular weight excluding hydrogens is 357 g/mol. The third kappa shape index (κ3) is 3.02. The van der Waals surface area contributed by atoms with Crippen molar-refractivity contribution in [2.45, 2.75) is 6.18 Å². The van der Waals surface area contributed by atoms with Crippen molar-refractivity contribution in [2.24, 2.45) is 0 Å². The van der Waals surface area contributed by atoms with Gasteiger partial charge in [0.1, 0.15) is 5.82 Å². The van der Waals surface area contributed by atoms with E-state index in [-0.39, 0.29) is 46.1 Å². The van der Waals surface area contributed by atoms with Crippen LogP contribution < -0.4 is 17.0 Å². The Morgan fingerprint density at radius 1 is 0.895 bits per heavy atom. The maximum atomic E-state index is 13.2. The van der Waals surface area contributed by atoms with Crippen molar-refractivity contribution in [3.8, 4) is 0 Å². The Hall–Kier alpha value is -0.414. The van der Waals surface area contributed by atoms with Crippen LogP contribution in [-0.4, -0.2) is 23.1 Å². The number of hydrogen-bond donors (Lipinski definition) is 0.